The third-order valence-corrected chi connectivity index (χ3v) is 3.34. The quantitative estimate of drug-likeness (QED) is 0.718. The van der Waals surface area contributed by atoms with E-state index in [2.05, 4.69) is 16.0 Å². The zero-order chi connectivity index (χ0) is 10.7. The van der Waals surface area contributed by atoms with E-state index in [1.807, 2.05) is 13.1 Å². The fraction of sp³-hybridized carbons (Fsp3) is 0.583. The second kappa shape index (κ2) is 4.84. The number of aromatic nitrogens is 1. The van der Waals surface area contributed by atoms with Crippen molar-refractivity contribution in [2.45, 2.75) is 32.1 Å². The molecule has 82 valence electrons. The molecule has 1 aliphatic heterocycles. The molecule has 15 heavy (non-hydrogen) atoms. The summed E-state index contributed by atoms with van der Waals surface area (Å²) < 4.78 is 0. The Balaban J connectivity index is 2.29. The SMILES string of the molecule is Cc1nccc(N2CCCCC2)c1CCl. The first-order chi connectivity index (χ1) is 7.33. The molecule has 0 radical (unpaired) electrons. The van der Waals surface area contributed by atoms with Crippen LogP contribution in [-0.2, 0) is 5.88 Å². The van der Waals surface area contributed by atoms with Crippen molar-refractivity contribution in [2.24, 2.45) is 0 Å². The van der Waals surface area contributed by atoms with Crippen LogP contribution in [0.5, 0.6) is 0 Å². The fourth-order valence-electron chi connectivity index (χ4n) is 2.18. The third-order valence-electron chi connectivity index (χ3n) is 3.08. The Bertz CT molecular complexity index is 332. The van der Waals surface area contributed by atoms with Crippen molar-refractivity contribution in [1.82, 2.24) is 4.98 Å². The minimum atomic E-state index is 0.561. The van der Waals surface area contributed by atoms with Gasteiger partial charge in [0.2, 0.25) is 0 Å². The van der Waals surface area contributed by atoms with Crippen molar-refractivity contribution in [3.8, 4) is 0 Å². The van der Waals surface area contributed by atoms with Crippen molar-refractivity contribution in [1.29, 1.82) is 0 Å². The topological polar surface area (TPSA) is 16.1 Å². The Morgan fingerprint density at radius 3 is 2.73 bits per heavy atom. The summed E-state index contributed by atoms with van der Waals surface area (Å²) >= 11 is 5.99. The minimum absolute atomic E-state index is 0.561. The molecule has 0 amide bonds. The molecule has 2 heterocycles. The van der Waals surface area contributed by atoms with Crippen molar-refractivity contribution in [3.63, 3.8) is 0 Å². The maximum Gasteiger partial charge on any atom is 0.0512 e. The van der Waals surface area contributed by atoms with Crippen molar-refractivity contribution in [2.75, 3.05) is 18.0 Å². The Morgan fingerprint density at radius 2 is 2.07 bits per heavy atom. The lowest BCUT2D eigenvalue weighted by Gasteiger charge is -2.30. The average molecular weight is 225 g/mol. The number of rotatable bonds is 2. The van der Waals surface area contributed by atoms with Crippen LogP contribution >= 0.6 is 11.6 Å². The van der Waals surface area contributed by atoms with E-state index in [9.17, 15) is 0 Å². The number of piperidine rings is 1. The highest BCUT2D eigenvalue weighted by molar-refractivity contribution is 6.17. The van der Waals surface area contributed by atoms with Crippen LogP contribution in [0.1, 0.15) is 30.5 Å². The Hall–Kier alpha value is -0.760. The molecule has 2 nitrogen and oxygen atoms in total. The van der Waals surface area contributed by atoms with Gasteiger partial charge in [0.05, 0.1) is 5.88 Å². The van der Waals surface area contributed by atoms with E-state index < -0.39 is 0 Å². The normalized spacial score (nSPS) is 16.8. The monoisotopic (exact) mass is 224 g/mol. The largest absolute Gasteiger partial charge is 0.371 e. The van der Waals surface area contributed by atoms with Crippen molar-refractivity contribution < 1.29 is 0 Å². The van der Waals surface area contributed by atoms with E-state index in [0.29, 0.717) is 5.88 Å². The molecule has 1 saturated heterocycles. The van der Waals surface area contributed by atoms with E-state index in [0.717, 1.165) is 18.8 Å². The molecular formula is C12H17ClN2. The summed E-state index contributed by atoms with van der Waals surface area (Å²) in [6, 6.07) is 2.09. The number of hydrogen-bond donors (Lipinski definition) is 0. The lowest BCUT2D eigenvalue weighted by atomic mass is 10.1. The summed E-state index contributed by atoms with van der Waals surface area (Å²) in [5.74, 6) is 0.561. The molecule has 1 aromatic rings. The molecule has 0 aromatic carbocycles. The average Bonchev–Trinajstić information content (AvgIpc) is 2.30. The second-order valence-corrected chi connectivity index (χ2v) is 4.34. The zero-order valence-electron chi connectivity index (χ0n) is 9.17. The van der Waals surface area contributed by atoms with E-state index in [-0.39, 0.29) is 0 Å². The van der Waals surface area contributed by atoms with Crippen LogP contribution in [0.2, 0.25) is 0 Å². The summed E-state index contributed by atoms with van der Waals surface area (Å²) in [6.45, 7) is 4.35. The van der Waals surface area contributed by atoms with Crippen LogP contribution in [0.3, 0.4) is 0 Å². The molecule has 2 rings (SSSR count). The van der Waals surface area contributed by atoms with Gasteiger partial charge in [-0.1, -0.05) is 0 Å². The standard InChI is InChI=1S/C12H17ClN2/c1-10-11(9-13)12(5-6-14-10)15-7-3-2-4-8-15/h5-6H,2-4,7-9H2,1H3. The highest BCUT2D eigenvalue weighted by Gasteiger charge is 2.15. The lowest BCUT2D eigenvalue weighted by Crippen LogP contribution is -2.30. The molecule has 1 aliphatic rings. The van der Waals surface area contributed by atoms with E-state index in [1.54, 1.807) is 0 Å². The molecule has 0 saturated carbocycles. The molecule has 0 aliphatic carbocycles. The maximum absolute atomic E-state index is 5.99. The van der Waals surface area contributed by atoms with Crippen LogP contribution < -0.4 is 4.90 Å². The Labute approximate surface area is 96.3 Å². The van der Waals surface area contributed by atoms with Gasteiger partial charge in [-0.15, -0.1) is 11.6 Å². The number of pyridine rings is 1. The lowest BCUT2D eigenvalue weighted by molar-refractivity contribution is 0.576. The van der Waals surface area contributed by atoms with E-state index in [1.165, 1.54) is 30.5 Å². The maximum atomic E-state index is 5.99. The number of nitrogens with zero attached hydrogens (tertiary/aromatic N) is 2. The molecule has 0 spiro atoms. The molecule has 0 atom stereocenters. The smallest absolute Gasteiger partial charge is 0.0512 e. The Kier molecular flexibility index (Phi) is 3.47. The van der Waals surface area contributed by atoms with Crippen LogP contribution in [0.25, 0.3) is 0 Å². The molecule has 3 heteroatoms. The molecular weight excluding hydrogens is 208 g/mol. The summed E-state index contributed by atoms with van der Waals surface area (Å²) in [5, 5.41) is 0. The van der Waals surface area contributed by atoms with Crippen LogP contribution in [0.4, 0.5) is 5.69 Å². The molecule has 1 aromatic heterocycles. The summed E-state index contributed by atoms with van der Waals surface area (Å²) in [5.41, 5.74) is 3.55. The Morgan fingerprint density at radius 1 is 1.33 bits per heavy atom. The highest BCUT2D eigenvalue weighted by atomic mass is 35.5. The van der Waals surface area contributed by atoms with E-state index in [4.69, 9.17) is 11.6 Å². The number of alkyl halides is 1. The van der Waals surface area contributed by atoms with Crippen LogP contribution in [-0.4, -0.2) is 18.1 Å². The van der Waals surface area contributed by atoms with Gasteiger partial charge in [-0.05, 0) is 32.3 Å². The first-order valence-corrected chi connectivity index (χ1v) is 6.12. The summed E-state index contributed by atoms with van der Waals surface area (Å²) in [6.07, 6.45) is 5.83. The first kappa shape index (κ1) is 10.7. The van der Waals surface area contributed by atoms with Gasteiger partial charge >= 0.3 is 0 Å². The van der Waals surface area contributed by atoms with Gasteiger partial charge in [0.15, 0.2) is 0 Å². The van der Waals surface area contributed by atoms with Gasteiger partial charge in [0.1, 0.15) is 0 Å². The van der Waals surface area contributed by atoms with Crippen LogP contribution in [0, 0.1) is 6.92 Å². The van der Waals surface area contributed by atoms with Gasteiger partial charge in [-0.2, -0.15) is 0 Å². The van der Waals surface area contributed by atoms with Gasteiger partial charge in [0.25, 0.3) is 0 Å². The van der Waals surface area contributed by atoms with Gasteiger partial charge in [0, 0.05) is 36.2 Å². The first-order valence-electron chi connectivity index (χ1n) is 5.58. The molecule has 1 fully saturated rings. The van der Waals surface area contributed by atoms with Gasteiger partial charge in [-0.3, -0.25) is 4.98 Å². The fourth-order valence-corrected chi connectivity index (χ4v) is 2.51. The van der Waals surface area contributed by atoms with Crippen LogP contribution in [0.15, 0.2) is 12.3 Å². The molecule has 0 N–H and O–H groups in total. The van der Waals surface area contributed by atoms with Gasteiger partial charge < -0.3 is 4.90 Å². The highest BCUT2D eigenvalue weighted by Crippen LogP contribution is 2.26. The zero-order valence-corrected chi connectivity index (χ0v) is 9.93. The van der Waals surface area contributed by atoms with Gasteiger partial charge in [-0.25, -0.2) is 0 Å². The third kappa shape index (κ3) is 2.25. The van der Waals surface area contributed by atoms with Crippen molar-refractivity contribution in [3.05, 3.63) is 23.5 Å². The number of hydrogen-bond acceptors (Lipinski definition) is 2. The predicted molar refractivity (Wildman–Crippen MR) is 64.6 cm³/mol. The molecule has 0 bridgehead atoms. The molecule has 0 unspecified atom stereocenters. The minimum Gasteiger partial charge on any atom is -0.371 e. The number of anilines is 1. The number of halogens is 1. The van der Waals surface area contributed by atoms with Crippen molar-refractivity contribution >= 4 is 17.3 Å². The van der Waals surface area contributed by atoms with E-state index >= 15 is 0 Å². The second-order valence-electron chi connectivity index (χ2n) is 4.08. The number of aryl methyl sites for hydroxylation is 1. The summed E-state index contributed by atoms with van der Waals surface area (Å²) in [7, 11) is 0. The predicted octanol–water partition coefficient (Wildman–Crippen LogP) is 3.12. The summed E-state index contributed by atoms with van der Waals surface area (Å²) in [4.78, 5) is 6.73.